The molecular formula is C28H16ClNO4. The van der Waals surface area contributed by atoms with E-state index in [4.69, 9.17) is 17.3 Å². The fraction of sp³-hybridized carbons (Fsp3) is 0. The second kappa shape index (κ2) is 8.21. The van der Waals surface area contributed by atoms with E-state index in [1.165, 1.54) is 0 Å². The smallest absolute Gasteiger partial charge is 0.253 e. The number of rotatable bonds is 2. The molecule has 34 heavy (non-hydrogen) atoms. The van der Waals surface area contributed by atoms with Gasteiger partial charge in [-0.25, -0.2) is 0 Å². The van der Waals surface area contributed by atoms with E-state index in [1.807, 2.05) is 36.4 Å². The van der Waals surface area contributed by atoms with Gasteiger partial charge < -0.3 is 5.73 Å². The molecule has 5 nitrogen and oxygen atoms in total. The van der Waals surface area contributed by atoms with Crippen molar-refractivity contribution in [3.8, 4) is 22.3 Å². The SMILES string of the molecule is NC(=O)c1cccc2c1-c1ccccc1C2=O.O=C(Cl)c1cccc2c1-c1ccccc1C2=O. The second-order valence-electron chi connectivity index (χ2n) is 7.84. The van der Waals surface area contributed by atoms with E-state index in [9.17, 15) is 19.2 Å². The molecule has 6 rings (SSSR count). The number of fused-ring (bicyclic) bond motifs is 6. The van der Waals surface area contributed by atoms with Gasteiger partial charge in [0.25, 0.3) is 5.24 Å². The van der Waals surface area contributed by atoms with E-state index < -0.39 is 11.1 Å². The average Bonchev–Trinajstić information content (AvgIpc) is 3.32. The van der Waals surface area contributed by atoms with Crippen LogP contribution in [0.1, 0.15) is 52.6 Å². The first-order valence-corrected chi connectivity index (χ1v) is 10.8. The van der Waals surface area contributed by atoms with Crippen molar-refractivity contribution >= 4 is 34.3 Å². The molecule has 0 bridgehead atoms. The number of hydrogen-bond acceptors (Lipinski definition) is 4. The minimum absolute atomic E-state index is 0.0429. The zero-order valence-corrected chi connectivity index (χ0v) is 18.4. The van der Waals surface area contributed by atoms with E-state index >= 15 is 0 Å². The quantitative estimate of drug-likeness (QED) is 0.352. The molecular weight excluding hydrogens is 450 g/mol. The molecule has 2 aliphatic carbocycles. The number of primary amides is 1. The highest BCUT2D eigenvalue weighted by Gasteiger charge is 2.30. The van der Waals surface area contributed by atoms with E-state index in [1.54, 1.807) is 48.5 Å². The zero-order chi connectivity index (χ0) is 24.0. The molecule has 0 unspecified atom stereocenters. The number of hydrogen-bond donors (Lipinski definition) is 1. The van der Waals surface area contributed by atoms with Gasteiger partial charge in [-0.2, -0.15) is 0 Å². The molecule has 0 aliphatic heterocycles. The van der Waals surface area contributed by atoms with Crippen molar-refractivity contribution in [1.29, 1.82) is 0 Å². The number of amides is 1. The molecule has 164 valence electrons. The summed E-state index contributed by atoms with van der Waals surface area (Å²) in [7, 11) is 0. The van der Waals surface area contributed by atoms with E-state index in [2.05, 4.69) is 0 Å². The molecule has 2 N–H and O–H groups in total. The lowest BCUT2D eigenvalue weighted by molar-refractivity contribution is 0.0998. The second-order valence-corrected chi connectivity index (χ2v) is 8.19. The van der Waals surface area contributed by atoms with Crippen molar-refractivity contribution in [2.45, 2.75) is 0 Å². The molecule has 0 saturated carbocycles. The third-order valence-electron chi connectivity index (χ3n) is 5.98. The fourth-order valence-electron chi connectivity index (χ4n) is 4.52. The maximum absolute atomic E-state index is 12.1. The molecule has 0 radical (unpaired) electrons. The summed E-state index contributed by atoms with van der Waals surface area (Å²) >= 11 is 5.55. The number of halogens is 1. The van der Waals surface area contributed by atoms with Crippen molar-refractivity contribution < 1.29 is 19.2 Å². The molecule has 0 fully saturated rings. The standard InChI is InChI=1S/C14H7ClO2.C14H9NO2/c2*15-14(17)11-7-3-6-10-12(11)8-4-1-2-5-9(8)13(10)16/h1-7H;1-7H,(H2,15,17). The van der Waals surface area contributed by atoms with Gasteiger partial charge in [0.05, 0.1) is 0 Å². The molecule has 0 saturated heterocycles. The van der Waals surface area contributed by atoms with Crippen molar-refractivity contribution in [2.24, 2.45) is 5.73 Å². The molecule has 4 aromatic rings. The van der Waals surface area contributed by atoms with Crippen molar-refractivity contribution in [3.05, 3.63) is 118 Å². The van der Waals surface area contributed by atoms with Gasteiger partial charge in [0.1, 0.15) is 0 Å². The normalized spacial score (nSPS) is 12.1. The van der Waals surface area contributed by atoms with Crippen LogP contribution in [0.4, 0.5) is 0 Å². The highest BCUT2D eigenvalue weighted by atomic mass is 35.5. The Morgan fingerprint density at radius 1 is 0.529 bits per heavy atom. The Hall–Kier alpha value is -4.35. The third kappa shape index (κ3) is 3.26. The van der Waals surface area contributed by atoms with Gasteiger partial charge in [0, 0.05) is 44.5 Å². The molecule has 6 heteroatoms. The Labute approximate surface area is 199 Å². The summed E-state index contributed by atoms with van der Waals surface area (Å²) in [4.78, 5) is 47.0. The topological polar surface area (TPSA) is 94.3 Å². The molecule has 1 amide bonds. The van der Waals surface area contributed by atoms with E-state index in [0.717, 1.165) is 11.1 Å². The minimum Gasteiger partial charge on any atom is -0.366 e. The van der Waals surface area contributed by atoms with Crippen LogP contribution in [0.2, 0.25) is 0 Å². The first-order chi connectivity index (χ1) is 16.4. The van der Waals surface area contributed by atoms with E-state index in [-0.39, 0.29) is 11.6 Å². The Bertz CT molecular complexity index is 1440. The predicted molar refractivity (Wildman–Crippen MR) is 129 cm³/mol. The zero-order valence-electron chi connectivity index (χ0n) is 17.7. The summed E-state index contributed by atoms with van der Waals surface area (Å²) in [6, 6.07) is 24.6. The Morgan fingerprint density at radius 2 is 0.912 bits per heavy atom. The van der Waals surface area contributed by atoms with Gasteiger partial charge in [0.2, 0.25) is 5.91 Å². The molecule has 2 aliphatic rings. The monoisotopic (exact) mass is 465 g/mol. The van der Waals surface area contributed by atoms with Gasteiger partial charge >= 0.3 is 0 Å². The Morgan fingerprint density at radius 3 is 1.35 bits per heavy atom. The minimum atomic E-state index is -0.536. The van der Waals surface area contributed by atoms with Crippen LogP contribution in [0.5, 0.6) is 0 Å². The number of benzene rings is 4. The average molecular weight is 466 g/mol. The Kier molecular flexibility index (Phi) is 5.19. The van der Waals surface area contributed by atoms with Gasteiger partial charge in [-0.05, 0) is 34.9 Å². The first-order valence-electron chi connectivity index (χ1n) is 10.4. The van der Waals surface area contributed by atoms with Crippen molar-refractivity contribution in [3.63, 3.8) is 0 Å². The number of nitrogens with two attached hydrogens (primary N) is 1. The van der Waals surface area contributed by atoms with Gasteiger partial charge in [0.15, 0.2) is 11.6 Å². The van der Waals surface area contributed by atoms with Gasteiger partial charge in [-0.1, -0.05) is 72.8 Å². The third-order valence-corrected chi connectivity index (χ3v) is 6.18. The highest BCUT2D eigenvalue weighted by Crippen LogP contribution is 2.40. The highest BCUT2D eigenvalue weighted by molar-refractivity contribution is 6.68. The lowest BCUT2D eigenvalue weighted by Gasteiger charge is -2.04. The summed E-state index contributed by atoms with van der Waals surface area (Å²) in [5.41, 5.74) is 11.4. The summed E-state index contributed by atoms with van der Waals surface area (Å²) in [6.07, 6.45) is 0. The molecule has 0 aromatic heterocycles. The summed E-state index contributed by atoms with van der Waals surface area (Å²) in [5.74, 6) is -0.597. The largest absolute Gasteiger partial charge is 0.366 e. The molecule has 4 aromatic carbocycles. The summed E-state index contributed by atoms with van der Waals surface area (Å²) < 4.78 is 0. The van der Waals surface area contributed by atoms with Crippen LogP contribution in [0, 0.1) is 0 Å². The maximum atomic E-state index is 12.1. The van der Waals surface area contributed by atoms with Crippen molar-refractivity contribution in [1.82, 2.24) is 0 Å². The maximum Gasteiger partial charge on any atom is 0.253 e. The fourth-order valence-corrected chi connectivity index (χ4v) is 4.68. The van der Waals surface area contributed by atoms with E-state index in [0.29, 0.717) is 44.5 Å². The van der Waals surface area contributed by atoms with Crippen LogP contribution in [-0.4, -0.2) is 22.7 Å². The van der Waals surface area contributed by atoms with Crippen LogP contribution < -0.4 is 5.73 Å². The molecule has 0 atom stereocenters. The van der Waals surface area contributed by atoms with Gasteiger partial charge in [-0.15, -0.1) is 0 Å². The lowest BCUT2D eigenvalue weighted by atomic mass is 9.99. The van der Waals surface area contributed by atoms with Crippen LogP contribution >= 0.6 is 11.6 Å². The predicted octanol–water partition coefficient (Wildman–Crippen LogP) is 5.27. The summed E-state index contributed by atoms with van der Waals surface area (Å²) in [5, 5.41) is -0.536. The van der Waals surface area contributed by atoms with Crippen molar-refractivity contribution in [2.75, 3.05) is 0 Å². The van der Waals surface area contributed by atoms with Crippen LogP contribution in [0.3, 0.4) is 0 Å². The molecule has 0 heterocycles. The van der Waals surface area contributed by atoms with Gasteiger partial charge in [-0.3, -0.25) is 19.2 Å². The first kappa shape index (κ1) is 21.5. The number of carbonyl (C=O) groups is 4. The summed E-state index contributed by atoms with van der Waals surface area (Å²) in [6.45, 7) is 0. The van der Waals surface area contributed by atoms with Crippen LogP contribution in [0.25, 0.3) is 22.3 Å². The Balaban J connectivity index is 0.000000142. The number of carbonyl (C=O) groups excluding carboxylic acids is 4. The lowest BCUT2D eigenvalue weighted by Crippen LogP contribution is -2.12. The number of ketones is 2. The molecule has 0 spiro atoms. The van der Waals surface area contributed by atoms with Crippen LogP contribution in [-0.2, 0) is 0 Å². The van der Waals surface area contributed by atoms with Crippen LogP contribution in [0.15, 0.2) is 84.9 Å².